The Labute approximate surface area is 143 Å². The molecule has 0 aliphatic carbocycles. The van der Waals surface area contributed by atoms with Crippen molar-refractivity contribution in [3.63, 3.8) is 0 Å². The number of alkyl halides is 3. The molecule has 1 aromatic heterocycles. The molecule has 1 N–H and O–H groups in total. The molecule has 1 aliphatic rings. The molecule has 5 nitrogen and oxygen atoms in total. The third-order valence-electron chi connectivity index (χ3n) is 4.35. The average molecular weight is 353 g/mol. The van der Waals surface area contributed by atoms with E-state index in [0.29, 0.717) is 18.7 Å². The number of likely N-dealkylation sites (N-methyl/N-ethyl adjacent to an activating group) is 1. The van der Waals surface area contributed by atoms with Gasteiger partial charge < -0.3 is 9.80 Å². The van der Waals surface area contributed by atoms with E-state index in [1.54, 1.807) is 35.2 Å². The summed E-state index contributed by atoms with van der Waals surface area (Å²) < 4.78 is 39.5. The lowest BCUT2D eigenvalue weighted by Gasteiger charge is -2.30. The van der Waals surface area contributed by atoms with Gasteiger partial charge in [-0.15, -0.1) is 0 Å². The molecule has 0 saturated carbocycles. The summed E-state index contributed by atoms with van der Waals surface area (Å²) in [5, 5.41) is 3.85. The number of hydrogen-bond donors (Lipinski definition) is 1. The fourth-order valence-electron chi connectivity index (χ4n) is 2.99. The lowest BCUT2D eigenvalue weighted by atomic mass is 10.1. The molecule has 0 bridgehead atoms. The summed E-state index contributed by atoms with van der Waals surface area (Å²) >= 11 is 0. The molecule has 1 fully saturated rings. The van der Waals surface area contributed by atoms with E-state index in [9.17, 15) is 18.0 Å². The molecule has 0 unspecified atom stereocenters. The van der Waals surface area contributed by atoms with Gasteiger partial charge in [-0.2, -0.15) is 18.3 Å². The zero-order valence-electron chi connectivity index (χ0n) is 13.9. The molecule has 1 aliphatic heterocycles. The van der Waals surface area contributed by atoms with Crippen molar-refractivity contribution in [2.24, 2.45) is 0 Å². The second-order valence-corrected chi connectivity index (χ2v) is 6.30. The lowest BCUT2D eigenvalue weighted by Crippen LogP contribution is -3.12. The fraction of sp³-hybridized carbons (Fsp3) is 0.412. The Morgan fingerprint density at radius 2 is 1.84 bits per heavy atom. The highest BCUT2D eigenvalue weighted by atomic mass is 19.4. The highest BCUT2D eigenvalue weighted by Crippen LogP contribution is 2.28. The molecular weight excluding hydrogens is 333 g/mol. The number of amides is 1. The fourth-order valence-corrected chi connectivity index (χ4v) is 2.99. The third-order valence-corrected chi connectivity index (χ3v) is 4.35. The highest BCUT2D eigenvalue weighted by Gasteiger charge is 2.33. The number of hydrogen-bond acceptors (Lipinski definition) is 2. The Hall–Kier alpha value is -2.35. The summed E-state index contributed by atoms with van der Waals surface area (Å²) in [6.07, 6.45) is -3.16. The number of halogens is 3. The van der Waals surface area contributed by atoms with E-state index in [1.165, 1.54) is 11.1 Å². The minimum Gasteiger partial charge on any atom is -0.334 e. The molecule has 0 radical (unpaired) electrons. The monoisotopic (exact) mass is 353 g/mol. The summed E-state index contributed by atoms with van der Waals surface area (Å²) in [4.78, 5) is 15.9. The van der Waals surface area contributed by atoms with E-state index in [1.807, 2.05) is 0 Å². The van der Waals surface area contributed by atoms with Crippen LogP contribution in [0.4, 0.5) is 13.2 Å². The van der Waals surface area contributed by atoms with Gasteiger partial charge in [-0.25, -0.2) is 0 Å². The van der Waals surface area contributed by atoms with E-state index < -0.39 is 12.7 Å². The summed E-state index contributed by atoms with van der Waals surface area (Å²) in [6, 6.07) is 8.61. The first-order valence-electron chi connectivity index (χ1n) is 8.14. The van der Waals surface area contributed by atoms with Crippen molar-refractivity contribution >= 4 is 5.91 Å². The molecular formula is C17H20F3N4O+. The maximum absolute atomic E-state index is 12.9. The second-order valence-electron chi connectivity index (χ2n) is 6.30. The first-order valence-corrected chi connectivity index (χ1v) is 8.14. The first-order chi connectivity index (χ1) is 11.8. The number of nitrogens with zero attached hydrogens (tertiary/aromatic N) is 3. The average Bonchev–Trinajstić information content (AvgIpc) is 2.97. The normalized spacial score (nSPS) is 16.2. The Morgan fingerprint density at radius 1 is 1.20 bits per heavy atom. The van der Waals surface area contributed by atoms with Crippen LogP contribution in [0.5, 0.6) is 0 Å². The van der Waals surface area contributed by atoms with Crippen LogP contribution in [0.15, 0.2) is 36.5 Å². The van der Waals surface area contributed by atoms with Crippen LogP contribution < -0.4 is 4.90 Å². The molecule has 25 heavy (non-hydrogen) atoms. The van der Waals surface area contributed by atoms with Gasteiger partial charge >= 0.3 is 6.18 Å². The Kier molecular flexibility index (Phi) is 4.80. The maximum atomic E-state index is 12.9. The molecule has 134 valence electrons. The van der Waals surface area contributed by atoms with Crippen LogP contribution in [-0.2, 0) is 6.54 Å². The van der Waals surface area contributed by atoms with Crippen molar-refractivity contribution in [1.29, 1.82) is 0 Å². The van der Waals surface area contributed by atoms with Gasteiger partial charge in [0.25, 0.3) is 5.91 Å². The van der Waals surface area contributed by atoms with Gasteiger partial charge in [-0.3, -0.25) is 9.48 Å². The first kappa shape index (κ1) is 17.5. The number of benzene rings is 1. The van der Waals surface area contributed by atoms with Crippen LogP contribution in [0, 0.1) is 0 Å². The van der Waals surface area contributed by atoms with E-state index in [0.717, 1.165) is 17.8 Å². The highest BCUT2D eigenvalue weighted by molar-refractivity contribution is 6.00. The topological polar surface area (TPSA) is 42.6 Å². The largest absolute Gasteiger partial charge is 0.408 e. The van der Waals surface area contributed by atoms with Gasteiger partial charge in [0.1, 0.15) is 6.54 Å². The number of quaternary nitrogens is 1. The molecule has 1 saturated heterocycles. The smallest absolute Gasteiger partial charge is 0.334 e. The van der Waals surface area contributed by atoms with E-state index in [-0.39, 0.29) is 17.2 Å². The predicted octanol–water partition coefficient (Wildman–Crippen LogP) is 1.08. The predicted molar refractivity (Wildman–Crippen MR) is 86.2 cm³/mol. The molecule has 0 atom stereocenters. The third kappa shape index (κ3) is 4.01. The van der Waals surface area contributed by atoms with E-state index in [4.69, 9.17) is 0 Å². The van der Waals surface area contributed by atoms with Crippen LogP contribution in [0.3, 0.4) is 0 Å². The maximum Gasteiger partial charge on any atom is 0.408 e. The molecule has 8 heteroatoms. The van der Waals surface area contributed by atoms with Crippen LogP contribution in [0.1, 0.15) is 10.4 Å². The minimum atomic E-state index is -4.41. The van der Waals surface area contributed by atoms with Gasteiger partial charge in [-0.05, 0) is 0 Å². The number of aromatic nitrogens is 2. The van der Waals surface area contributed by atoms with Crippen LogP contribution >= 0.6 is 0 Å². The summed E-state index contributed by atoms with van der Waals surface area (Å²) in [7, 11) is 2.05. The zero-order chi connectivity index (χ0) is 18.0. The standard InChI is InChI=1S/C17H19F3N4O/c1-22-7-9-23(10-8-22)16(25)14-11-21-24(12-17(18,19)20)15(14)13-5-3-2-4-6-13/h2-6,11H,7-10,12H2,1H3/p+1. The Balaban J connectivity index is 1.97. The molecule has 0 spiro atoms. The lowest BCUT2D eigenvalue weighted by molar-refractivity contribution is -0.883. The SMILES string of the molecule is C[NH+]1CCN(C(=O)c2cnn(CC(F)(F)F)c2-c2ccccc2)CC1. The molecule has 1 amide bonds. The van der Waals surface area contributed by atoms with Crippen LogP contribution in [0.2, 0.25) is 0 Å². The van der Waals surface area contributed by atoms with Crippen molar-refractivity contribution in [3.05, 3.63) is 42.1 Å². The number of carbonyl (C=O) groups is 1. The van der Waals surface area contributed by atoms with Crippen LogP contribution in [0.25, 0.3) is 11.3 Å². The molecule has 2 heterocycles. The van der Waals surface area contributed by atoms with Crippen molar-refractivity contribution in [2.45, 2.75) is 12.7 Å². The van der Waals surface area contributed by atoms with Gasteiger partial charge in [0.05, 0.1) is 50.7 Å². The van der Waals surface area contributed by atoms with Gasteiger partial charge in [-0.1, -0.05) is 30.3 Å². The van der Waals surface area contributed by atoms with Gasteiger partial charge in [0.15, 0.2) is 0 Å². The number of nitrogens with one attached hydrogen (secondary N) is 1. The summed E-state index contributed by atoms with van der Waals surface area (Å²) in [5.41, 5.74) is 0.983. The summed E-state index contributed by atoms with van der Waals surface area (Å²) in [5.74, 6) is -0.264. The Morgan fingerprint density at radius 3 is 2.44 bits per heavy atom. The minimum absolute atomic E-state index is 0.217. The second kappa shape index (κ2) is 6.87. The number of piperazine rings is 1. The summed E-state index contributed by atoms with van der Waals surface area (Å²) in [6.45, 7) is 1.59. The van der Waals surface area contributed by atoms with Crippen LogP contribution in [-0.4, -0.2) is 60.0 Å². The van der Waals surface area contributed by atoms with Crippen molar-refractivity contribution in [2.75, 3.05) is 33.2 Å². The van der Waals surface area contributed by atoms with Crippen molar-refractivity contribution < 1.29 is 22.9 Å². The molecule has 1 aromatic carbocycles. The van der Waals surface area contributed by atoms with Crippen molar-refractivity contribution in [3.8, 4) is 11.3 Å². The zero-order valence-corrected chi connectivity index (χ0v) is 13.9. The molecule has 3 rings (SSSR count). The number of carbonyl (C=O) groups excluding carboxylic acids is 1. The van der Waals surface area contributed by atoms with Gasteiger partial charge in [0, 0.05) is 5.56 Å². The van der Waals surface area contributed by atoms with Crippen molar-refractivity contribution in [1.82, 2.24) is 14.7 Å². The number of rotatable bonds is 3. The van der Waals surface area contributed by atoms with Gasteiger partial charge in [0.2, 0.25) is 0 Å². The van der Waals surface area contributed by atoms with E-state index in [2.05, 4.69) is 12.1 Å². The molecule has 2 aromatic rings. The Bertz CT molecular complexity index is 734. The quantitative estimate of drug-likeness (QED) is 0.898. The van der Waals surface area contributed by atoms with E-state index >= 15 is 0 Å².